The summed E-state index contributed by atoms with van der Waals surface area (Å²) < 4.78 is 56.6. The highest BCUT2D eigenvalue weighted by Crippen LogP contribution is 2.26. The fourth-order valence-electron chi connectivity index (χ4n) is 3.76. The average molecular weight is 467 g/mol. The van der Waals surface area contributed by atoms with Gasteiger partial charge in [-0.2, -0.15) is 13.1 Å². The number of benzene rings is 2. The lowest BCUT2D eigenvalue weighted by Crippen LogP contribution is -2.43. The van der Waals surface area contributed by atoms with Crippen LogP contribution in [0.5, 0.6) is 5.75 Å². The molecule has 3 rings (SSSR count). The fourth-order valence-corrected chi connectivity index (χ4v) is 5.31. The molecule has 0 bridgehead atoms. The van der Waals surface area contributed by atoms with Gasteiger partial charge in [0.15, 0.2) is 0 Å². The molecule has 1 aliphatic heterocycles. The molecule has 174 valence electrons. The predicted molar refractivity (Wildman–Crippen MR) is 117 cm³/mol. The van der Waals surface area contributed by atoms with E-state index < -0.39 is 22.7 Å². The number of aryl methyl sites for hydroxylation is 2. The average Bonchev–Trinajstić information content (AvgIpc) is 2.75. The van der Waals surface area contributed by atoms with E-state index in [-0.39, 0.29) is 35.6 Å². The highest BCUT2D eigenvalue weighted by Gasteiger charge is 2.32. The normalized spacial score (nSPS) is 16.7. The van der Waals surface area contributed by atoms with E-state index in [9.17, 15) is 22.0 Å². The number of halogens is 2. The highest BCUT2D eigenvalue weighted by molar-refractivity contribution is 7.89. The van der Waals surface area contributed by atoms with Crippen molar-refractivity contribution in [3.8, 4) is 5.75 Å². The summed E-state index contributed by atoms with van der Waals surface area (Å²) in [5.74, 6) is -0.464. The monoisotopic (exact) mass is 466 g/mol. The van der Waals surface area contributed by atoms with Gasteiger partial charge in [-0.1, -0.05) is 18.2 Å². The number of carbonyl (C=O) groups excluding carboxylic acids is 1. The second-order valence-corrected chi connectivity index (χ2v) is 10.0. The molecule has 1 atom stereocenters. The number of piperidine rings is 1. The minimum Gasteiger partial charge on any atom is -0.435 e. The molecule has 1 saturated heterocycles. The van der Waals surface area contributed by atoms with Gasteiger partial charge in [-0.3, -0.25) is 4.79 Å². The Bertz CT molecular complexity index is 1070. The molecule has 0 spiro atoms. The number of hydrogen-bond acceptors (Lipinski definition) is 4. The molecule has 1 fully saturated rings. The Balaban J connectivity index is 1.59. The largest absolute Gasteiger partial charge is 0.435 e. The van der Waals surface area contributed by atoms with Crippen molar-refractivity contribution in [3.63, 3.8) is 0 Å². The van der Waals surface area contributed by atoms with Crippen molar-refractivity contribution >= 4 is 15.9 Å². The van der Waals surface area contributed by atoms with Crippen molar-refractivity contribution < 1.29 is 26.7 Å². The van der Waals surface area contributed by atoms with Crippen molar-refractivity contribution in [2.75, 3.05) is 13.1 Å². The quantitative estimate of drug-likeness (QED) is 0.664. The van der Waals surface area contributed by atoms with Gasteiger partial charge in [-0.15, -0.1) is 0 Å². The molecule has 2 aromatic carbocycles. The minimum absolute atomic E-state index is 0.0310. The van der Waals surface area contributed by atoms with E-state index in [2.05, 4.69) is 10.1 Å². The van der Waals surface area contributed by atoms with E-state index in [0.29, 0.717) is 18.4 Å². The van der Waals surface area contributed by atoms with Crippen LogP contribution in [0.4, 0.5) is 8.78 Å². The summed E-state index contributed by atoms with van der Waals surface area (Å²) in [5, 5.41) is 2.90. The first-order valence-corrected chi connectivity index (χ1v) is 11.9. The van der Waals surface area contributed by atoms with Crippen LogP contribution in [0.25, 0.3) is 0 Å². The third-order valence-electron chi connectivity index (χ3n) is 5.88. The molecule has 1 aliphatic rings. The molecule has 0 saturated carbocycles. The summed E-state index contributed by atoms with van der Waals surface area (Å²) in [7, 11) is -3.60. The van der Waals surface area contributed by atoms with Crippen LogP contribution in [0.2, 0.25) is 0 Å². The highest BCUT2D eigenvalue weighted by atomic mass is 32.2. The van der Waals surface area contributed by atoms with Crippen molar-refractivity contribution in [2.45, 2.75) is 51.2 Å². The van der Waals surface area contributed by atoms with E-state index in [4.69, 9.17) is 0 Å². The molecule has 0 aromatic heterocycles. The predicted octanol–water partition coefficient (Wildman–Crippen LogP) is 4.18. The zero-order chi connectivity index (χ0) is 23.5. The molecule has 2 aromatic rings. The third-order valence-corrected chi connectivity index (χ3v) is 7.78. The molecule has 0 radical (unpaired) electrons. The molecule has 1 N–H and O–H groups in total. The van der Waals surface area contributed by atoms with Crippen LogP contribution in [0.15, 0.2) is 47.4 Å². The second-order valence-electron chi connectivity index (χ2n) is 8.11. The number of sulfonamides is 1. The summed E-state index contributed by atoms with van der Waals surface area (Å²) in [4.78, 5) is 13.0. The number of amides is 1. The molecule has 0 aliphatic carbocycles. The SMILES string of the molecule is Cc1ccc(S(=O)(=O)N2CCC(C(=O)NC(C)c3cccc(OC(F)F)c3)CC2)cc1C. The summed E-state index contributed by atoms with van der Waals surface area (Å²) >= 11 is 0. The van der Waals surface area contributed by atoms with Gasteiger partial charge in [0.1, 0.15) is 5.75 Å². The van der Waals surface area contributed by atoms with Crippen LogP contribution >= 0.6 is 0 Å². The van der Waals surface area contributed by atoms with Crippen molar-refractivity contribution in [1.82, 2.24) is 9.62 Å². The number of carbonyl (C=O) groups is 1. The number of ether oxygens (including phenoxy) is 1. The van der Waals surface area contributed by atoms with E-state index in [1.807, 2.05) is 13.8 Å². The lowest BCUT2D eigenvalue weighted by Gasteiger charge is -2.31. The van der Waals surface area contributed by atoms with Crippen LogP contribution in [0.1, 0.15) is 42.5 Å². The molecule has 9 heteroatoms. The first kappa shape index (κ1) is 24.1. The molecule has 1 amide bonds. The Morgan fingerprint density at radius 1 is 1.09 bits per heavy atom. The van der Waals surface area contributed by atoms with Gasteiger partial charge in [0, 0.05) is 19.0 Å². The first-order chi connectivity index (χ1) is 15.1. The van der Waals surface area contributed by atoms with Crippen LogP contribution in [-0.2, 0) is 14.8 Å². The molecule has 1 heterocycles. The Kier molecular flexibility index (Phi) is 7.51. The Morgan fingerprint density at radius 3 is 2.41 bits per heavy atom. The van der Waals surface area contributed by atoms with E-state index in [1.165, 1.54) is 16.4 Å². The molecular weight excluding hydrogens is 438 g/mol. The standard InChI is InChI=1S/C23H28F2N2O4S/c1-15-7-8-21(13-16(15)2)32(29,30)27-11-9-18(10-12-27)22(28)26-17(3)19-5-4-6-20(14-19)31-23(24)25/h4-8,13-14,17-18,23H,9-12H2,1-3H3,(H,26,28). The maximum absolute atomic E-state index is 13.0. The van der Waals surface area contributed by atoms with Crippen molar-refractivity contribution in [1.29, 1.82) is 0 Å². The van der Waals surface area contributed by atoms with Crippen LogP contribution < -0.4 is 10.1 Å². The number of nitrogens with one attached hydrogen (secondary N) is 1. The van der Waals surface area contributed by atoms with Crippen molar-refractivity contribution in [2.24, 2.45) is 5.92 Å². The van der Waals surface area contributed by atoms with Crippen LogP contribution in [0, 0.1) is 19.8 Å². The number of hydrogen-bond donors (Lipinski definition) is 1. The Labute approximate surface area is 187 Å². The Hall–Kier alpha value is -2.52. The Morgan fingerprint density at radius 2 is 1.78 bits per heavy atom. The summed E-state index contributed by atoms with van der Waals surface area (Å²) in [6.45, 7) is 3.18. The fraction of sp³-hybridized carbons (Fsp3) is 0.435. The van der Waals surface area contributed by atoms with Gasteiger partial charge in [0.25, 0.3) is 0 Å². The molecule has 1 unspecified atom stereocenters. The van der Waals surface area contributed by atoms with E-state index in [0.717, 1.165) is 11.1 Å². The number of nitrogens with zero attached hydrogens (tertiary/aromatic N) is 1. The van der Waals surface area contributed by atoms with Crippen molar-refractivity contribution in [3.05, 3.63) is 59.2 Å². The van der Waals surface area contributed by atoms with Gasteiger partial charge in [0.05, 0.1) is 10.9 Å². The van der Waals surface area contributed by atoms with E-state index >= 15 is 0 Å². The molecular formula is C23H28F2N2O4S. The zero-order valence-corrected chi connectivity index (χ0v) is 19.2. The maximum atomic E-state index is 13.0. The van der Waals surface area contributed by atoms with Crippen LogP contribution in [-0.4, -0.2) is 38.3 Å². The zero-order valence-electron chi connectivity index (χ0n) is 18.3. The number of rotatable bonds is 7. The van der Waals surface area contributed by atoms with Gasteiger partial charge in [-0.05, 0) is 74.6 Å². The van der Waals surface area contributed by atoms with Gasteiger partial charge in [-0.25, -0.2) is 8.42 Å². The molecule has 32 heavy (non-hydrogen) atoms. The molecule has 6 nitrogen and oxygen atoms in total. The first-order valence-electron chi connectivity index (χ1n) is 10.5. The lowest BCUT2D eigenvalue weighted by atomic mass is 9.96. The summed E-state index contributed by atoms with van der Waals surface area (Å²) in [5.41, 5.74) is 2.59. The van der Waals surface area contributed by atoms with Gasteiger partial charge < -0.3 is 10.1 Å². The number of alkyl halides is 2. The minimum atomic E-state index is -3.60. The third kappa shape index (κ3) is 5.63. The topological polar surface area (TPSA) is 75.7 Å². The van der Waals surface area contributed by atoms with Crippen LogP contribution in [0.3, 0.4) is 0 Å². The second kappa shape index (κ2) is 9.95. The van der Waals surface area contributed by atoms with Gasteiger partial charge >= 0.3 is 6.61 Å². The van der Waals surface area contributed by atoms with Gasteiger partial charge in [0.2, 0.25) is 15.9 Å². The lowest BCUT2D eigenvalue weighted by molar-refractivity contribution is -0.126. The maximum Gasteiger partial charge on any atom is 0.387 e. The summed E-state index contributed by atoms with van der Waals surface area (Å²) in [6, 6.07) is 10.9. The summed E-state index contributed by atoms with van der Waals surface area (Å²) in [6.07, 6.45) is 0.828. The van der Waals surface area contributed by atoms with E-state index in [1.54, 1.807) is 37.3 Å². The smallest absolute Gasteiger partial charge is 0.387 e.